The number of nitrogens with zero attached hydrogens (tertiary/aromatic N) is 1. The molecule has 0 fully saturated rings. The Bertz CT molecular complexity index is 412. The molecule has 1 rings (SSSR count). The lowest BCUT2D eigenvalue weighted by Gasteiger charge is -2.41. The van der Waals surface area contributed by atoms with Crippen LogP contribution in [0.4, 0.5) is 0 Å². The number of benzene rings is 1. The first kappa shape index (κ1) is 17.0. The fraction of sp³-hybridized carbons (Fsp3) is 0.647. The van der Waals surface area contributed by atoms with Crippen LogP contribution in [0.1, 0.15) is 39.7 Å². The molecule has 0 amide bonds. The summed E-state index contributed by atoms with van der Waals surface area (Å²) in [6.45, 7) is 9.77. The smallest absolute Gasteiger partial charge is 0.123 e. The molecule has 1 aromatic carbocycles. The summed E-state index contributed by atoms with van der Waals surface area (Å²) in [7, 11) is 3.87. The van der Waals surface area contributed by atoms with Crippen molar-refractivity contribution in [2.45, 2.75) is 52.7 Å². The number of methoxy groups -OCH3 is 1. The second-order valence-corrected chi connectivity index (χ2v) is 6.61. The molecule has 0 bridgehead atoms. The van der Waals surface area contributed by atoms with Crippen molar-refractivity contribution in [3.05, 3.63) is 29.8 Å². The van der Waals surface area contributed by atoms with E-state index in [0.29, 0.717) is 6.04 Å². The Morgan fingerprint density at radius 3 is 2.35 bits per heavy atom. The van der Waals surface area contributed by atoms with Crippen molar-refractivity contribution in [1.82, 2.24) is 4.90 Å². The highest BCUT2D eigenvalue weighted by Gasteiger charge is 2.32. The average molecular weight is 278 g/mol. The van der Waals surface area contributed by atoms with E-state index in [4.69, 9.17) is 10.5 Å². The van der Waals surface area contributed by atoms with E-state index in [1.54, 1.807) is 7.11 Å². The summed E-state index contributed by atoms with van der Waals surface area (Å²) in [5.41, 5.74) is 7.70. The molecule has 0 radical (unpaired) electrons. The number of hydrogen-bond acceptors (Lipinski definition) is 3. The van der Waals surface area contributed by atoms with E-state index in [1.807, 2.05) is 12.1 Å². The van der Waals surface area contributed by atoms with Gasteiger partial charge in [0, 0.05) is 24.2 Å². The lowest BCUT2D eigenvalue weighted by molar-refractivity contribution is 0.0931. The quantitative estimate of drug-likeness (QED) is 0.868. The molecule has 0 saturated heterocycles. The maximum absolute atomic E-state index is 6.36. The Kier molecular flexibility index (Phi) is 6.03. The van der Waals surface area contributed by atoms with Gasteiger partial charge >= 0.3 is 0 Å². The van der Waals surface area contributed by atoms with Crippen molar-refractivity contribution in [2.24, 2.45) is 11.1 Å². The average Bonchev–Trinajstić information content (AvgIpc) is 2.37. The Hall–Kier alpha value is -1.06. The molecule has 0 spiro atoms. The molecule has 3 heteroatoms. The van der Waals surface area contributed by atoms with Gasteiger partial charge in [0.2, 0.25) is 0 Å². The van der Waals surface area contributed by atoms with Crippen molar-refractivity contribution < 1.29 is 4.74 Å². The standard InChI is InChI=1S/C17H30N2O/c1-7-14(18)16(17(2,3)4)19(5)12-13-10-8-9-11-15(13)20-6/h8-11,14,16H,7,12,18H2,1-6H3. The monoisotopic (exact) mass is 278 g/mol. The maximum atomic E-state index is 6.36. The fourth-order valence-corrected chi connectivity index (χ4v) is 3.05. The van der Waals surface area contributed by atoms with Crippen LogP contribution >= 0.6 is 0 Å². The maximum Gasteiger partial charge on any atom is 0.123 e. The van der Waals surface area contributed by atoms with Gasteiger partial charge in [0.1, 0.15) is 5.75 Å². The van der Waals surface area contributed by atoms with Crippen LogP contribution in [-0.4, -0.2) is 31.1 Å². The Morgan fingerprint density at radius 1 is 1.25 bits per heavy atom. The van der Waals surface area contributed by atoms with Crippen LogP contribution in [0.25, 0.3) is 0 Å². The first-order valence-corrected chi connectivity index (χ1v) is 7.39. The number of nitrogens with two attached hydrogens (primary N) is 1. The second kappa shape index (κ2) is 7.09. The topological polar surface area (TPSA) is 38.5 Å². The van der Waals surface area contributed by atoms with Crippen LogP contribution in [0.3, 0.4) is 0 Å². The second-order valence-electron chi connectivity index (χ2n) is 6.61. The van der Waals surface area contributed by atoms with Crippen LogP contribution in [0.2, 0.25) is 0 Å². The molecule has 2 unspecified atom stereocenters. The minimum Gasteiger partial charge on any atom is -0.496 e. The van der Waals surface area contributed by atoms with E-state index in [0.717, 1.165) is 18.7 Å². The van der Waals surface area contributed by atoms with Gasteiger partial charge in [-0.25, -0.2) is 0 Å². The third-order valence-corrected chi connectivity index (χ3v) is 3.85. The summed E-state index contributed by atoms with van der Waals surface area (Å²) in [6, 6.07) is 8.69. The van der Waals surface area contributed by atoms with Crippen molar-refractivity contribution in [1.29, 1.82) is 0 Å². The zero-order valence-electron chi connectivity index (χ0n) is 13.8. The van der Waals surface area contributed by atoms with Crippen LogP contribution in [0, 0.1) is 5.41 Å². The highest BCUT2D eigenvalue weighted by Crippen LogP contribution is 2.29. The molecule has 20 heavy (non-hydrogen) atoms. The zero-order valence-corrected chi connectivity index (χ0v) is 13.8. The van der Waals surface area contributed by atoms with Gasteiger partial charge in [0.05, 0.1) is 7.11 Å². The van der Waals surface area contributed by atoms with Gasteiger partial charge in [-0.2, -0.15) is 0 Å². The van der Waals surface area contributed by atoms with E-state index in [2.05, 4.69) is 51.8 Å². The molecule has 0 aliphatic rings. The number of rotatable bonds is 6. The SMILES string of the molecule is CCC(N)C(N(C)Cc1ccccc1OC)C(C)(C)C. The molecule has 0 aromatic heterocycles. The molecule has 1 aromatic rings. The third kappa shape index (κ3) is 4.22. The van der Waals surface area contributed by atoms with Crippen molar-refractivity contribution >= 4 is 0 Å². The summed E-state index contributed by atoms with van der Waals surface area (Å²) in [4.78, 5) is 2.35. The summed E-state index contributed by atoms with van der Waals surface area (Å²) in [5.74, 6) is 0.942. The lowest BCUT2D eigenvalue weighted by Crippen LogP contribution is -2.52. The molecular formula is C17H30N2O. The first-order valence-electron chi connectivity index (χ1n) is 7.39. The van der Waals surface area contributed by atoms with E-state index in [-0.39, 0.29) is 11.5 Å². The molecule has 2 N–H and O–H groups in total. The number of likely N-dealkylation sites (N-methyl/N-ethyl adjacent to an activating group) is 1. The number of hydrogen-bond donors (Lipinski definition) is 1. The highest BCUT2D eigenvalue weighted by molar-refractivity contribution is 5.33. The summed E-state index contributed by atoms with van der Waals surface area (Å²) < 4.78 is 5.44. The lowest BCUT2D eigenvalue weighted by atomic mass is 9.80. The first-order chi connectivity index (χ1) is 9.31. The van der Waals surface area contributed by atoms with Crippen molar-refractivity contribution in [3.8, 4) is 5.75 Å². The zero-order chi connectivity index (χ0) is 15.3. The van der Waals surface area contributed by atoms with E-state index in [1.165, 1.54) is 5.56 Å². The Balaban J connectivity index is 2.94. The van der Waals surface area contributed by atoms with Gasteiger partial charge < -0.3 is 10.5 Å². The van der Waals surface area contributed by atoms with E-state index < -0.39 is 0 Å². The largest absolute Gasteiger partial charge is 0.496 e. The van der Waals surface area contributed by atoms with Crippen LogP contribution in [-0.2, 0) is 6.54 Å². The Labute approximate surface area is 124 Å². The molecule has 0 aliphatic heterocycles. The van der Waals surface area contributed by atoms with Crippen molar-refractivity contribution in [2.75, 3.05) is 14.2 Å². The van der Waals surface area contributed by atoms with Gasteiger partial charge in [0.25, 0.3) is 0 Å². The van der Waals surface area contributed by atoms with Gasteiger partial charge in [-0.1, -0.05) is 45.9 Å². The summed E-state index contributed by atoms with van der Waals surface area (Å²) in [5, 5.41) is 0. The minimum atomic E-state index is 0.145. The minimum absolute atomic E-state index is 0.145. The molecule has 0 heterocycles. The van der Waals surface area contributed by atoms with Gasteiger partial charge in [-0.05, 0) is 24.9 Å². The van der Waals surface area contributed by atoms with Gasteiger partial charge in [-0.15, -0.1) is 0 Å². The highest BCUT2D eigenvalue weighted by atomic mass is 16.5. The normalized spacial score (nSPS) is 15.2. The summed E-state index contributed by atoms with van der Waals surface area (Å²) >= 11 is 0. The van der Waals surface area contributed by atoms with E-state index >= 15 is 0 Å². The van der Waals surface area contributed by atoms with Gasteiger partial charge in [-0.3, -0.25) is 4.90 Å². The molecular weight excluding hydrogens is 248 g/mol. The van der Waals surface area contributed by atoms with Gasteiger partial charge in [0.15, 0.2) is 0 Å². The molecule has 114 valence electrons. The van der Waals surface area contributed by atoms with Crippen LogP contribution in [0.15, 0.2) is 24.3 Å². The Morgan fingerprint density at radius 2 is 1.85 bits per heavy atom. The predicted octanol–water partition coefficient (Wildman–Crippen LogP) is 3.28. The summed E-state index contributed by atoms with van der Waals surface area (Å²) in [6.07, 6.45) is 0.984. The van der Waals surface area contributed by atoms with Crippen LogP contribution < -0.4 is 10.5 Å². The van der Waals surface area contributed by atoms with Crippen LogP contribution in [0.5, 0.6) is 5.75 Å². The third-order valence-electron chi connectivity index (χ3n) is 3.85. The number of para-hydroxylation sites is 1. The molecule has 3 nitrogen and oxygen atoms in total. The predicted molar refractivity (Wildman–Crippen MR) is 86.0 cm³/mol. The molecule has 2 atom stereocenters. The number of ether oxygens (including phenoxy) is 1. The molecule has 0 saturated carbocycles. The van der Waals surface area contributed by atoms with Crippen molar-refractivity contribution in [3.63, 3.8) is 0 Å². The fourth-order valence-electron chi connectivity index (χ4n) is 3.05. The van der Waals surface area contributed by atoms with E-state index in [9.17, 15) is 0 Å². The molecule has 0 aliphatic carbocycles.